The molecule has 0 unspecified atom stereocenters. The van der Waals surface area contributed by atoms with Crippen LogP contribution in [-0.4, -0.2) is 20.9 Å². The lowest BCUT2D eigenvalue weighted by Gasteiger charge is -2.18. The quantitative estimate of drug-likeness (QED) is 0.659. The molecule has 7 heteroatoms. The van der Waals surface area contributed by atoms with Gasteiger partial charge in [-0.05, 0) is 67.5 Å². The van der Waals surface area contributed by atoms with E-state index in [0.29, 0.717) is 33.1 Å². The average Bonchev–Trinajstić information content (AvgIpc) is 3.29. The zero-order chi connectivity index (χ0) is 20.8. The zero-order valence-electron chi connectivity index (χ0n) is 16.5. The van der Waals surface area contributed by atoms with E-state index in [-0.39, 0.29) is 5.91 Å². The maximum Gasteiger partial charge on any atom is 0.268 e. The molecule has 0 radical (unpaired) electrons. The Bertz CT molecular complexity index is 1180. The highest BCUT2D eigenvalue weighted by atomic mass is 32.2. The van der Waals surface area contributed by atoms with Crippen molar-refractivity contribution >= 4 is 38.6 Å². The van der Waals surface area contributed by atoms with Crippen molar-refractivity contribution in [2.24, 2.45) is 0 Å². The van der Waals surface area contributed by atoms with E-state index in [1.54, 1.807) is 36.9 Å². The number of hydrogen-bond donors (Lipinski definition) is 1. The zero-order valence-corrected chi connectivity index (χ0v) is 18.2. The first-order valence-electron chi connectivity index (χ1n) is 9.35. The van der Waals surface area contributed by atoms with E-state index < -0.39 is 10.0 Å². The second-order valence-electron chi connectivity index (χ2n) is 7.36. The summed E-state index contributed by atoms with van der Waals surface area (Å²) in [6.45, 7) is 6.15. The summed E-state index contributed by atoms with van der Waals surface area (Å²) in [6.07, 6.45) is 0.760. The van der Waals surface area contributed by atoms with E-state index in [0.717, 1.165) is 23.2 Å². The molecule has 0 atom stereocenters. The fourth-order valence-electron chi connectivity index (χ4n) is 3.98. The highest BCUT2D eigenvalue weighted by Gasteiger charge is 2.27. The first-order chi connectivity index (χ1) is 13.8. The van der Waals surface area contributed by atoms with E-state index in [9.17, 15) is 13.2 Å². The Labute approximate surface area is 175 Å². The molecule has 1 aliphatic heterocycles. The highest BCUT2D eigenvalue weighted by molar-refractivity contribution is 7.92. The lowest BCUT2D eigenvalue weighted by molar-refractivity contribution is 0.0993. The van der Waals surface area contributed by atoms with Crippen LogP contribution in [0.3, 0.4) is 0 Å². The van der Waals surface area contributed by atoms with Gasteiger partial charge in [0.05, 0.1) is 15.5 Å². The second-order valence-corrected chi connectivity index (χ2v) is 9.93. The molecule has 29 heavy (non-hydrogen) atoms. The van der Waals surface area contributed by atoms with Gasteiger partial charge in [-0.2, -0.15) is 0 Å². The molecule has 0 fully saturated rings. The summed E-state index contributed by atoms with van der Waals surface area (Å²) in [6, 6.07) is 12.8. The van der Waals surface area contributed by atoms with Gasteiger partial charge in [-0.25, -0.2) is 8.42 Å². The number of thiophene rings is 1. The van der Waals surface area contributed by atoms with E-state index in [1.807, 2.05) is 36.6 Å². The Morgan fingerprint density at radius 1 is 1.07 bits per heavy atom. The second kappa shape index (κ2) is 7.31. The fraction of sp³-hybridized carbons (Fsp3) is 0.227. The molecule has 2 heterocycles. The average molecular weight is 427 g/mol. The Balaban J connectivity index is 1.67. The van der Waals surface area contributed by atoms with Crippen LogP contribution in [0.1, 0.15) is 31.9 Å². The molecular weight excluding hydrogens is 404 g/mol. The van der Waals surface area contributed by atoms with Crippen molar-refractivity contribution in [3.63, 3.8) is 0 Å². The van der Waals surface area contributed by atoms with Crippen LogP contribution in [-0.2, 0) is 16.4 Å². The topological polar surface area (TPSA) is 66.5 Å². The summed E-state index contributed by atoms with van der Waals surface area (Å²) in [7, 11) is -3.74. The third-order valence-electron chi connectivity index (χ3n) is 5.08. The maximum atomic E-state index is 13.1. The van der Waals surface area contributed by atoms with Crippen molar-refractivity contribution in [2.75, 3.05) is 16.2 Å². The number of benzene rings is 2. The van der Waals surface area contributed by atoms with Crippen LogP contribution in [0.4, 0.5) is 11.4 Å². The summed E-state index contributed by atoms with van der Waals surface area (Å²) in [5.41, 5.74) is 4.71. The van der Waals surface area contributed by atoms with Crippen molar-refractivity contribution in [1.82, 2.24) is 0 Å². The Morgan fingerprint density at radius 3 is 2.45 bits per heavy atom. The summed E-state index contributed by atoms with van der Waals surface area (Å²) >= 11 is 1.41. The van der Waals surface area contributed by atoms with Crippen LogP contribution in [0, 0.1) is 20.8 Å². The number of rotatable bonds is 4. The van der Waals surface area contributed by atoms with E-state index >= 15 is 0 Å². The van der Waals surface area contributed by atoms with Gasteiger partial charge in [0.15, 0.2) is 0 Å². The number of aryl methyl sites for hydroxylation is 3. The number of carbonyl (C=O) groups excluding carboxylic acids is 1. The van der Waals surface area contributed by atoms with Gasteiger partial charge >= 0.3 is 0 Å². The van der Waals surface area contributed by atoms with E-state index in [4.69, 9.17) is 0 Å². The molecule has 2 aromatic carbocycles. The molecule has 1 aliphatic rings. The van der Waals surface area contributed by atoms with Crippen LogP contribution in [0.2, 0.25) is 0 Å². The largest absolute Gasteiger partial charge is 0.307 e. The van der Waals surface area contributed by atoms with Gasteiger partial charge in [-0.1, -0.05) is 29.8 Å². The van der Waals surface area contributed by atoms with Crippen molar-refractivity contribution < 1.29 is 13.2 Å². The van der Waals surface area contributed by atoms with Gasteiger partial charge in [0.1, 0.15) is 0 Å². The molecule has 0 aliphatic carbocycles. The van der Waals surface area contributed by atoms with Gasteiger partial charge in [0, 0.05) is 12.2 Å². The van der Waals surface area contributed by atoms with Crippen molar-refractivity contribution in [3.05, 3.63) is 75.0 Å². The van der Waals surface area contributed by atoms with Crippen LogP contribution < -0.4 is 9.62 Å². The molecule has 1 amide bonds. The minimum absolute atomic E-state index is 0.0519. The number of nitrogens with zero attached hydrogens (tertiary/aromatic N) is 1. The van der Waals surface area contributed by atoms with Crippen molar-refractivity contribution in [1.29, 1.82) is 0 Å². The van der Waals surface area contributed by atoms with Crippen LogP contribution in [0.5, 0.6) is 0 Å². The molecular formula is C22H22N2O3S2. The van der Waals surface area contributed by atoms with Crippen LogP contribution in [0.15, 0.2) is 52.7 Å². The van der Waals surface area contributed by atoms with Crippen molar-refractivity contribution in [3.8, 4) is 0 Å². The number of hydrogen-bond acceptors (Lipinski definition) is 4. The number of fused-ring (bicyclic) bond motifs is 1. The minimum Gasteiger partial charge on any atom is -0.307 e. The summed E-state index contributed by atoms with van der Waals surface area (Å²) < 4.78 is 28.8. The molecule has 0 bridgehead atoms. The lowest BCUT2D eigenvalue weighted by Crippen LogP contribution is -2.28. The first kappa shape index (κ1) is 19.7. The third-order valence-corrected chi connectivity index (χ3v) is 7.63. The minimum atomic E-state index is -3.74. The third kappa shape index (κ3) is 3.68. The van der Waals surface area contributed by atoms with Crippen LogP contribution >= 0.6 is 11.3 Å². The SMILES string of the molecule is Cc1cc(C)c(S(=O)(=O)Nc2ccc3c(c2)N(C(=O)c2cccs2)CC3)c(C)c1. The summed E-state index contributed by atoms with van der Waals surface area (Å²) in [5, 5.41) is 1.88. The van der Waals surface area contributed by atoms with Crippen LogP contribution in [0.25, 0.3) is 0 Å². The van der Waals surface area contributed by atoms with Gasteiger partial charge < -0.3 is 4.90 Å². The smallest absolute Gasteiger partial charge is 0.268 e. The predicted octanol–water partition coefficient (Wildman–Crippen LogP) is 4.68. The number of carbonyl (C=O) groups is 1. The molecule has 0 spiro atoms. The molecule has 5 nitrogen and oxygen atoms in total. The van der Waals surface area contributed by atoms with Crippen molar-refractivity contribution in [2.45, 2.75) is 32.1 Å². The van der Waals surface area contributed by atoms with E-state index in [2.05, 4.69) is 4.72 Å². The Morgan fingerprint density at radius 2 is 1.79 bits per heavy atom. The fourth-order valence-corrected chi connectivity index (χ4v) is 6.16. The molecule has 150 valence electrons. The number of sulfonamides is 1. The Kier molecular flexibility index (Phi) is 4.96. The molecule has 4 rings (SSSR count). The first-order valence-corrected chi connectivity index (χ1v) is 11.7. The normalized spacial score (nSPS) is 13.4. The summed E-state index contributed by atoms with van der Waals surface area (Å²) in [5.74, 6) is -0.0519. The Hall–Kier alpha value is -2.64. The summed E-state index contributed by atoms with van der Waals surface area (Å²) in [4.78, 5) is 15.5. The van der Waals surface area contributed by atoms with Gasteiger partial charge in [0.25, 0.3) is 15.9 Å². The molecule has 1 N–H and O–H groups in total. The lowest BCUT2D eigenvalue weighted by atomic mass is 10.1. The monoisotopic (exact) mass is 426 g/mol. The molecule has 3 aromatic rings. The molecule has 0 saturated carbocycles. The van der Waals surface area contributed by atoms with Gasteiger partial charge in [0.2, 0.25) is 0 Å². The van der Waals surface area contributed by atoms with Gasteiger partial charge in [-0.15, -0.1) is 11.3 Å². The van der Waals surface area contributed by atoms with E-state index in [1.165, 1.54) is 11.3 Å². The maximum absolute atomic E-state index is 13.1. The highest BCUT2D eigenvalue weighted by Crippen LogP contribution is 2.34. The molecule has 1 aromatic heterocycles. The number of amides is 1. The number of nitrogens with one attached hydrogen (secondary N) is 1. The number of anilines is 2. The standard InChI is InChI=1S/C22H22N2O3S2/c1-14-11-15(2)21(16(3)12-14)29(26,27)23-18-7-6-17-8-9-24(19(17)13-18)22(25)20-5-4-10-28-20/h4-7,10-13,23H,8-9H2,1-3H3. The van der Waals surface area contributed by atoms with Gasteiger partial charge in [-0.3, -0.25) is 9.52 Å². The predicted molar refractivity (Wildman–Crippen MR) is 118 cm³/mol. The molecule has 0 saturated heterocycles.